The third kappa shape index (κ3) is 3.85. The van der Waals surface area contributed by atoms with Crippen LogP contribution in [0.25, 0.3) is 11.3 Å². The van der Waals surface area contributed by atoms with Crippen molar-refractivity contribution in [3.8, 4) is 11.3 Å². The molecule has 120 valence electrons. The van der Waals surface area contributed by atoms with Crippen molar-refractivity contribution >= 4 is 5.91 Å². The van der Waals surface area contributed by atoms with Crippen LogP contribution in [0.5, 0.6) is 0 Å². The van der Waals surface area contributed by atoms with E-state index < -0.39 is 17.8 Å². The SMILES string of the molecule is O=C(NOC1CCCCO1)c1ccc(-c2ccccc2)[nH]c1=O. The Labute approximate surface area is 133 Å². The number of hydroxylamine groups is 1. The van der Waals surface area contributed by atoms with Gasteiger partial charge >= 0.3 is 0 Å². The van der Waals surface area contributed by atoms with Crippen LogP contribution in [0.2, 0.25) is 0 Å². The topological polar surface area (TPSA) is 80.4 Å². The Morgan fingerprint density at radius 2 is 2.00 bits per heavy atom. The van der Waals surface area contributed by atoms with Crippen LogP contribution in [0.4, 0.5) is 0 Å². The van der Waals surface area contributed by atoms with Crippen molar-refractivity contribution in [1.29, 1.82) is 0 Å². The lowest BCUT2D eigenvalue weighted by atomic mass is 10.1. The third-order valence-electron chi connectivity index (χ3n) is 3.66. The summed E-state index contributed by atoms with van der Waals surface area (Å²) >= 11 is 0. The Hall–Kier alpha value is -2.44. The molecule has 6 heteroatoms. The highest BCUT2D eigenvalue weighted by molar-refractivity contribution is 5.93. The van der Waals surface area contributed by atoms with Crippen molar-refractivity contribution < 1.29 is 14.4 Å². The number of ether oxygens (including phenoxy) is 1. The van der Waals surface area contributed by atoms with Crippen molar-refractivity contribution in [1.82, 2.24) is 10.5 Å². The molecular formula is C17H18N2O4. The van der Waals surface area contributed by atoms with Crippen molar-refractivity contribution in [2.24, 2.45) is 0 Å². The lowest BCUT2D eigenvalue weighted by Crippen LogP contribution is -2.35. The number of hydrogen-bond donors (Lipinski definition) is 2. The first-order valence-corrected chi connectivity index (χ1v) is 7.60. The third-order valence-corrected chi connectivity index (χ3v) is 3.66. The molecule has 1 amide bonds. The molecule has 1 aromatic heterocycles. The molecule has 1 saturated heterocycles. The van der Waals surface area contributed by atoms with Gasteiger partial charge in [-0.05, 0) is 30.5 Å². The van der Waals surface area contributed by atoms with Gasteiger partial charge in [0.25, 0.3) is 11.5 Å². The maximum Gasteiger partial charge on any atom is 0.280 e. The van der Waals surface area contributed by atoms with E-state index in [9.17, 15) is 9.59 Å². The average Bonchev–Trinajstić information content (AvgIpc) is 2.61. The zero-order valence-electron chi connectivity index (χ0n) is 12.6. The molecule has 6 nitrogen and oxygen atoms in total. The number of aromatic amines is 1. The zero-order valence-corrected chi connectivity index (χ0v) is 12.6. The van der Waals surface area contributed by atoms with Gasteiger partial charge in [0.05, 0.1) is 0 Å². The summed E-state index contributed by atoms with van der Waals surface area (Å²) in [7, 11) is 0. The Kier molecular flexibility index (Phi) is 4.85. The lowest BCUT2D eigenvalue weighted by Gasteiger charge is -2.21. The molecule has 0 spiro atoms. The van der Waals surface area contributed by atoms with Crippen LogP contribution in [0.1, 0.15) is 29.6 Å². The number of benzene rings is 1. The van der Waals surface area contributed by atoms with Crippen molar-refractivity contribution in [2.45, 2.75) is 25.6 Å². The van der Waals surface area contributed by atoms with Gasteiger partial charge in [-0.15, -0.1) is 0 Å². The molecule has 3 rings (SSSR count). The fraction of sp³-hybridized carbons (Fsp3) is 0.294. The Bertz CT molecular complexity index is 721. The second kappa shape index (κ2) is 7.21. The summed E-state index contributed by atoms with van der Waals surface area (Å²) in [6, 6.07) is 12.6. The molecule has 0 saturated carbocycles. The molecule has 1 fully saturated rings. The molecule has 1 aliphatic heterocycles. The first kappa shape index (κ1) is 15.5. The Morgan fingerprint density at radius 1 is 1.17 bits per heavy atom. The predicted octanol–water partition coefficient (Wildman–Crippen LogP) is 2.23. The molecule has 0 bridgehead atoms. The second-order valence-electron chi connectivity index (χ2n) is 5.33. The number of amides is 1. The number of aromatic nitrogens is 1. The van der Waals surface area contributed by atoms with E-state index in [1.54, 1.807) is 6.07 Å². The zero-order chi connectivity index (χ0) is 16.1. The molecule has 2 heterocycles. The molecule has 1 aliphatic rings. The van der Waals surface area contributed by atoms with Gasteiger partial charge in [-0.2, -0.15) is 0 Å². The smallest absolute Gasteiger partial charge is 0.280 e. The quantitative estimate of drug-likeness (QED) is 0.848. The number of rotatable bonds is 4. The maximum absolute atomic E-state index is 12.1. The lowest BCUT2D eigenvalue weighted by molar-refractivity contribution is -0.186. The maximum atomic E-state index is 12.1. The summed E-state index contributed by atoms with van der Waals surface area (Å²) in [5.74, 6) is -0.583. The summed E-state index contributed by atoms with van der Waals surface area (Å²) in [5, 5.41) is 0. The van der Waals surface area contributed by atoms with E-state index >= 15 is 0 Å². The largest absolute Gasteiger partial charge is 0.350 e. The normalized spacial score (nSPS) is 17.7. The first-order valence-electron chi connectivity index (χ1n) is 7.60. The Balaban J connectivity index is 1.68. The number of pyridine rings is 1. The molecule has 1 atom stereocenters. The summed E-state index contributed by atoms with van der Waals surface area (Å²) in [5.41, 5.74) is 3.36. The van der Waals surface area contributed by atoms with Crippen molar-refractivity contribution in [3.05, 3.63) is 58.4 Å². The molecule has 0 radical (unpaired) electrons. The second-order valence-corrected chi connectivity index (χ2v) is 5.33. The molecule has 23 heavy (non-hydrogen) atoms. The van der Waals surface area contributed by atoms with Gasteiger partial charge in [0.15, 0.2) is 6.29 Å². The van der Waals surface area contributed by atoms with Gasteiger partial charge in [0.2, 0.25) is 0 Å². The fourth-order valence-electron chi connectivity index (χ4n) is 2.42. The molecule has 0 aliphatic carbocycles. The summed E-state index contributed by atoms with van der Waals surface area (Å²) in [4.78, 5) is 32.0. The van der Waals surface area contributed by atoms with E-state index in [4.69, 9.17) is 9.57 Å². The highest BCUT2D eigenvalue weighted by Crippen LogP contribution is 2.15. The predicted molar refractivity (Wildman–Crippen MR) is 84.6 cm³/mol. The van der Waals surface area contributed by atoms with E-state index in [-0.39, 0.29) is 5.56 Å². The summed E-state index contributed by atoms with van der Waals surface area (Å²) < 4.78 is 5.35. The Morgan fingerprint density at radius 3 is 2.70 bits per heavy atom. The van der Waals surface area contributed by atoms with Crippen LogP contribution < -0.4 is 11.0 Å². The van der Waals surface area contributed by atoms with E-state index in [0.29, 0.717) is 12.3 Å². The van der Waals surface area contributed by atoms with Crippen LogP contribution in [-0.2, 0) is 9.57 Å². The minimum Gasteiger partial charge on any atom is -0.350 e. The minimum absolute atomic E-state index is 0.000454. The van der Waals surface area contributed by atoms with E-state index in [2.05, 4.69) is 10.5 Å². The molecule has 2 N–H and O–H groups in total. The summed E-state index contributed by atoms with van der Waals surface area (Å²) in [6.45, 7) is 0.618. The average molecular weight is 314 g/mol. The van der Waals surface area contributed by atoms with Crippen LogP contribution in [0.15, 0.2) is 47.3 Å². The van der Waals surface area contributed by atoms with Gasteiger partial charge in [-0.25, -0.2) is 10.3 Å². The highest BCUT2D eigenvalue weighted by atomic mass is 16.8. The van der Waals surface area contributed by atoms with Crippen molar-refractivity contribution in [2.75, 3.05) is 6.61 Å². The number of hydrogen-bond acceptors (Lipinski definition) is 4. The minimum atomic E-state index is -0.583. The number of carbonyl (C=O) groups excluding carboxylic acids is 1. The molecule has 1 aromatic carbocycles. The van der Waals surface area contributed by atoms with Gasteiger partial charge < -0.3 is 9.72 Å². The molecule has 1 unspecified atom stereocenters. The van der Waals surface area contributed by atoms with E-state index in [1.807, 2.05) is 30.3 Å². The number of carbonyl (C=O) groups is 1. The fourth-order valence-corrected chi connectivity index (χ4v) is 2.42. The highest BCUT2D eigenvalue weighted by Gasteiger charge is 2.17. The van der Waals surface area contributed by atoms with Crippen molar-refractivity contribution in [3.63, 3.8) is 0 Å². The van der Waals surface area contributed by atoms with Crippen LogP contribution in [-0.4, -0.2) is 23.8 Å². The van der Waals surface area contributed by atoms with Crippen LogP contribution in [0.3, 0.4) is 0 Å². The van der Waals surface area contributed by atoms with E-state index in [0.717, 1.165) is 24.8 Å². The van der Waals surface area contributed by atoms with Gasteiger partial charge in [-0.3, -0.25) is 9.59 Å². The standard InChI is InChI=1S/C17H18N2O4/c20-16-13(17(21)19-23-15-8-4-5-11-22-15)9-10-14(18-16)12-6-2-1-3-7-12/h1-3,6-7,9-10,15H,4-5,8,11H2,(H,18,20)(H,19,21). The number of H-pyrrole nitrogens is 1. The molecule has 2 aromatic rings. The van der Waals surface area contributed by atoms with Crippen LogP contribution >= 0.6 is 0 Å². The van der Waals surface area contributed by atoms with Crippen LogP contribution in [0, 0.1) is 0 Å². The van der Waals surface area contributed by atoms with Gasteiger partial charge in [0, 0.05) is 18.7 Å². The van der Waals surface area contributed by atoms with Gasteiger partial charge in [0.1, 0.15) is 5.56 Å². The number of nitrogens with one attached hydrogen (secondary N) is 2. The monoisotopic (exact) mass is 314 g/mol. The summed E-state index contributed by atoms with van der Waals surface area (Å²) in [6.07, 6.45) is 2.26. The van der Waals surface area contributed by atoms with E-state index in [1.165, 1.54) is 6.07 Å². The van der Waals surface area contributed by atoms with Gasteiger partial charge in [-0.1, -0.05) is 30.3 Å². The molecular weight excluding hydrogens is 296 g/mol. The first-order chi connectivity index (χ1) is 11.2.